The van der Waals surface area contributed by atoms with Crippen LogP contribution in [0.3, 0.4) is 0 Å². The van der Waals surface area contributed by atoms with Crippen LogP contribution in [-0.2, 0) is 0 Å². The fourth-order valence-corrected chi connectivity index (χ4v) is 2.82. The van der Waals surface area contributed by atoms with Crippen LogP contribution < -0.4 is 0 Å². The van der Waals surface area contributed by atoms with E-state index in [0.717, 1.165) is 17.7 Å². The van der Waals surface area contributed by atoms with Gasteiger partial charge in [0.1, 0.15) is 5.82 Å². The Morgan fingerprint density at radius 3 is 2.25 bits per heavy atom. The third kappa shape index (κ3) is 3.53. The average molecular weight is 237 g/mol. The third-order valence-electron chi connectivity index (χ3n) is 2.68. The van der Waals surface area contributed by atoms with Crippen molar-refractivity contribution < 1.29 is 4.39 Å². The summed E-state index contributed by atoms with van der Waals surface area (Å²) in [5.41, 5.74) is 0. The van der Waals surface area contributed by atoms with E-state index in [1.165, 1.54) is 23.9 Å². The van der Waals surface area contributed by atoms with Gasteiger partial charge in [0.05, 0.1) is 11.3 Å². The highest BCUT2D eigenvalue weighted by atomic mass is 32.2. The molecule has 1 rings (SSSR count). The molecular formula is C13H16FNS. The standard InChI is InChI=1S/C13H16FNS/c1-3-10(4-2)13(9-15)16-12-7-5-11(14)6-8-12/h5-8,10,13H,3-4H2,1-2H3. The first-order valence-corrected chi connectivity index (χ1v) is 6.41. The van der Waals surface area contributed by atoms with Gasteiger partial charge in [-0.25, -0.2) is 4.39 Å². The lowest BCUT2D eigenvalue weighted by molar-refractivity contribution is 0.514. The summed E-state index contributed by atoms with van der Waals surface area (Å²) in [4.78, 5) is 0.958. The Morgan fingerprint density at radius 1 is 1.25 bits per heavy atom. The van der Waals surface area contributed by atoms with Gasteiger partial charge in [0.15, 0.2) is 0 Å². The van der Waals surface area contributed by atoms with Crippen LogP contribution in [0.4, 0.5) is 4.39 Å². The Balaban J connectivity index is 2.70. The lowest BCUT2D eigenvalue weighted by Crippen LogP contribution is -2.13. The van der Waals surface area contributed by atoms with Gasteiger partial charge < -0.3 is 0 Å². The molecular weight excluding hydrogens is 221 g/mol. The van der Waals surface area contributed by atoms with Gasteiger partial charge in [0, 0.05) is 4.90 Å². The van der Waals surface area contributed by atoms with Gasteiger partial charge in [-0.05, 0) is 30.2 Å². The molecule has 0 saturated heterocycles. The summed E-state index contributed by atoms with van der Waals surface area (Å²) < 4.78 is 12.7. The van der Waals surface area contributed by atoms with E-state index in [1.807, 2.05) is 0 Å². The molecule has 0 saturated carbocycles. The molecule has 0 aliphatic carbocycles. The molecule has 0 N–H and O–H groups in total. The first-order chi connectivity index (χ1) is 7.71. The van der Waals surface area contributed by atoms with Crippen molar-refractivity contribution in [1.29, 1.82) is 5.26 Å². The second kappa shape index (κ2) is 6.55. The molecule has 1 aromatic carbocycles. The van der Waals surface area contributed by atoms with Gasteiger partial charge in [-0.2, -0.15) is 5.26 Å². The van der Waals surface area contributed by atoms with E-state index in [9.17, 15) is 4.39 Å². The van der Waals surface area contributed by atoms with Gasteiger partial charge >= 0.3 is 0 Å². The van der Waals surface area contributed by atoms with Crippen LogP contribution in [0.25, 0.3) is 0 Å². The molecule has 1 unspecified atom stereocenters. The molecule has 0 heterocycles. The van der Waals surface area contributed by atoms with Crippen molar-refractivity contribution in [2.24, 2.45) is 5.92 Å². The summed E-state index contributed by atoms with van der Waals surface area (Å²) in [6, 6.07) is 8.66. The van der Waals surface area contributed by atoms with Crippen molar-refractivity contribution in [2.45, 2.75) is 36.8 Å². The van der Waals surface area contributed by atoms with Gasteiger partial charge in [-0.3, -0.25) is 0 Å². The minimum absolute atomic E-state index is 0.0412. The lowest BCUT2D eigenvalue weighted by Gasteiger charge is -2.18. The van der Waals surface area contributed by atoms with Crippen LogP contribution in [0.5, 0.6) is 0 Å². The Labute approximate surface area is 101 Å². The zero-order chi connectivity index (χ0) is 12.0. The number of nitrogens with zero attached hydrogens (tertiary/aromatic N) is 1. The summed E-state index contributed by atoms with van der Waals surface area (Å²) in [6.07, 6.45) is 2.01. The number of halogens is 1. The summed E-state index contributed by atoms with van der Waals surface area (Å²) in [7, 11) is 0. The molecule has 0 aromatic heterocycles. The quantitative estimate of drug-likeness (QED) is 0.715. The second-order valence-corrected chi connectivity index (χ2v) is 4.91. The van der Waals surface area contributed by atoms with Gasteiger partial charge in [-0.15, -0.1) is 11.8 Å². The van der Waals surface area contributed by atoms with E-state index in [0.29, 0.717) is 5.92 Å². The molecule has 0 aliphatic heterocycles. The molecule has 1 nitrogen and oxygen atoms in total. The number of benzene rings is 1. The number of rotatable bonds is 5. The Morgan fingerprint density at radius 2 is 1.81 bits per heavy atom. The van der Waals surface area contributed by atoms with Crippen LogP contribution in [0.15, 0.2) is 29.2 Å². The number of hydrogen-bond donors (Lipinski definition) is 0. The van der Waals surface area contributed by atoms with Crippen molar-refractivity contribution in [3.05, 3.63) is 30.1 Å². The predicted molar refractivity (Wildman–Crippen MR) is 65.7 cm³/mol. The largest absolute Gasteiger partial charge is 0.207 e. The fourth-order valence-electron chi connectivity index (χ4n) is 1.60. The Kier molecular flexibility index (Phi) is 5.34. The van der Waals surface area contributed by atoms with Crippen LogP contribution in [0, 0.1) is 23.1 Å². The highest BCUT2D eigenvalue weighted by Crippen LogP contribution is 2.30. The molecule has 16 heavy (non-hydrogen) atoms. The Bertz CT molecular complexity index is 351. The maximum atomic E-state index is 12.7. The van der Waals surface area contributed by atoms with Crippen molar-refractivity contribution in [2.75, 3.05) is 0 Å². The van der Waals surface area contributed by atoms with Gasteiger partial charge in [0.25, 0.3) is 0 Å². The first kappa shape index (κ1) is 13.1. The van der Waals surface area contributed by atoms with Crippen molar-refractivity contribution in [3.8, 4) is 6.07 Å². The number of thioether (sulfide) groups is 1. The molecule has 0 fully saturated rings. The van der Waals surface area contributed by atoms with Gasteiger partial charge in [-0.1, -0.05) is 26.7 Å². The predicted octanol–water partition coefficient (Wildman–Crippen LogP) is 4.25. The molecule has 1 aromatic rings. The van der Waals surface area contributed by atoms with Crippen molar-refractivity contribution in [1.82, 2.24) is 0 Å². The van der Waals surface area contributed by atoms with Gasteiger partial charge in [0.2, 0.25) is 0 Å². The molecule has 0 amide bonds. The molecule has 0 aliphatic rings. The fraction of sp³-hybridized carbons (Fsp3) is 0.462. The highest BCUT2D eigenvalue weighted by Gasteiger charge is 2.18. The van der Waals surface area contributed by atoms with Crippen LogP contribution in [-0.4, -0.2) is 5.25 Å². The third-order valence-corrected chi connectivity index (χ3v) is 3.97. The maximum absolute atomic E-state index is 12.7. The molecule has 1 atom stereocenters. The minimum Gasteiger partial charge on any atom is -0.207 e. The minimum atomic E-state index is -0.236. The van der Waals surface area contributed by atoms with Crippen LogP contribution in [0.2, 0.25) is 0 Å². The van der Waals surface area contributed by atoms with E-state index in [2.05, 4.69) is 19.9 Å². The molecule has 0 radical (unpaired) electrons. The van der Waals surface area contributed by atoms with Crippen molar-refractivity contribution in [3.63, 3.8) is 0 Å². The molecule has 3 heteroatoms. The second-order valence-electron chi connectivity index (χ2n) is 3.70. The number of hydrogen-bond acceptors (Lipinski definition) is 2. The van der Waals surface area contributed by atoms with E-state index in [4.69, 9.17) is 5.26 Å². The van der Waals surface area contributed by atoms with Crippen LogP contribution in [0.1, 0.15) is 26.7 Å². The smallest absolute Gasteiger partial charge is 0.123 e. The van der Waals surface area contributed by atoms with Crippen molar-refractivity contribution >= 4 is 11.8 Å². The summed E-state index contributed by atoms with van der Waals surface area (Å²) in [6.45, 7) is 4.20. The molecule has 86 valence electrons. The topological polar surface area (TPSA) is 23.8 Å². The lowest BCUT2D eigenvalue weighted by atomic mass is 10.0. The Hall–Kier alpha value is -1.01. The monoisotopic (exact) mass is 237 g/mol. The van der Waals surface area contributed by atoms with E-state index in [-0.39, 0.29) is 11.1 Å². The highest BCUT2D eigenvalue weighted by molar-refractivity contribution is 8.00. The normalized spacial score (nSPS) is 12.4. The van der Waals surface area contributed by atoms with E-state index >= 15 is 0 Å². The zero-order valence-electron chi connectivity index (χ0n) is 9.61. The SMILES string of the molecule is CCC(CC)C(C#N)Sc1ccc(F)cc1. The summed E-state index contributed by atoms with van der Waals surface area (Å²) in [5, 5.41) is 9.09. The average Bonchev–Trinajstić information content (AvgIpc) is 2.32. The number of nitriles is 1. The molecule has 0 spiro atoms. The first-order valence-electron chi connectivity index (χ1n) is 5.53. The summed E-state index contributed by atoms with van der Waals surface area (Å²) in [5.74, 6) is 0.167. The van der Waals surface area contributed by atoms with E-state index < -0.39 is 0 Å². The summed E-state index contributed by atoms with van der Waals surface area (Å²) >= 11 is 1.53. The zero-order valence-corrected chi connectivity index (χ0v) is 10.4. The molecule has 0 bridgehead atoms. The van der Waals surface area contributed by atoms with Crippen LogP contribution >= 0.6 is 11.8 Å². The van der Waals surface area contributed by atoms with E-state index in [1.54, 1.807) is 12.1 Å². The maximum Gasteiger partial charge on any atom is 0.123 e.